The lowest BCUT2D eigenvalue weighted by atomic mass is 9.89. The van der Waals surface area contributed by atoms with Crippen LogP contribution in [-0.4, -0.2) is 44.8 Å². The number of nitrogens with one attached hydrogen (secondary N) is 3. The number of halogens is 1. The molecule has 0 spiro atoms. The summed E-state index contributed by atoms with van der Waals surface area (Å²) in [6.07, 6.45) is 5.64. The second-order valence-corrected chi connectivity index (χ2v) is 9.95. The maximum absolute atomic E-state index is 13.3. The minimum Gasteiger partial charge on any atom is -0.346 e. The number of aromatic nitrogens is 3. The zero-order chi connectivity index (χ0) is 26.4. The van der Waals surface area contributed by atoms with Gasteiger partial charge in [-0.05, 0) is 84.0 Å². The molecule has 192 valence electrons. The van der Waals surface area contributed by atoms with Crippen LogP contribution in [0, 0.1) is 17.7 Å². The molecule has 4 heterocycles. The van der Waals surface area contributed by atoms with Crippen LogP contribution < -0.4 is 10.9 Å². The summed E-state index contributed by atoms with van der Waals surface area (Å²) in [7, 11) is 0. The molecule has 38 heavy (non-hydrogen) atoms. The van der Waals surface area contributed by atoms with Gasteiger partial charge in [0.2, 0.25) is 5.91 Å². The zero-order valence-corrected chi connectivity index (χ0v) is 20.8. The number of carbonyl (C=O) groups excluding carboxylic acids is 2. The lowest BCUT2D eigenvalue weighted by Gasteiger charge is -2.31. The molecule has 0 radical (unpaired) electrons. The lowest BCUT2D eigenvalue weighted by molar-refractivity contribution is -0.117. The van der Waals surface area contributed by atoms with Crippen LogP contribution in [0.4, 0.5) is 10.2 Å². The summed E-state index contributed by atoms with van der Waals surface area (Å²) in [5.41, 5.74) is 3.45. The summed E-state index contributed by atoms with van der Waals surface area (Å²) in [5, 5.41) is 3.88. The Morgan fingerprint density at radius 3 is 2.61 bits per heavy atom. The highest BCUT2D eigenvalue weighted by atomic mass is 19.1. The molecule has 3 N–H and O–H groups in total. The Bertz CT molecular complexity index is 1650. The van der Waals surface area contributed by atoms with Crippen molar-refractivity contribution in [2.45, 2.75) is 19.8 Å². The monoisotopic (exact) mass is 511 g/mol. The van der Waals surface area contributed by atoms with Crippen molar-refractivity contribution < 1.29 is 14.0 Å². The molecule has 1 aromatic carbocycles. The molecule has 4 aromatic rings. The number of nitrogens with zero attached hydrogens (tertiary/aromatic N) is 2. The molecule has 0 bridgehead atoms. The van der Waals surface area contributed by atoms with Crippen molar-refractivity contribution in [2.75, 3.05) is 18.4 Å². The van der Waals surface area contributed by atoms with Crippen LogP contribution >= 0.6 is 0 Å². The van der Waals surface area contributed by atoms with Crippen molar-refractivity contribution in [1.29, 1.82) is 0 Å². The van der Waals surface area contributed by atoms with E-state index in [0.29, 0.717) is 35.8 Å². The molecule has 1 aliphatic heterocycles. The normalized spacial score (nSPS) is 17.4. The topological polar surface area (TPSA) is 111 Å². The number of hydrogen-bond acceptors (Lipinski definition) is 4. The fourth-order valence-corrected chi connectivity index (χ4v) is 4.98. The predicted octanol–water partition coefficient (Wildman–Crippen LogP) is 4.58. The first-order valence-electron chi connectivity index (χ1n) is 12.7. The Morgan fingerprint density at radius 2 is 1.89 bits per heavy atom. The van der Waals surface area contributed by atoms with Crippen molar-refractivity contribution in [3.63, 3.8) is 0 Å². The fourth-order valence-electron chi connectivity index (χ4n) is 4.98. The van der Waals surface area contributed by atoms with E-state index in [1.807, 2.05) is 31.3 Å². The van der Waals surface area contributed by atoms with Crippen molar-refractivity contribution in [1.82, 2.24) is 19.9 Å². The highest BCUT2D eigenvalue weighted by Gasteiger charge is 2.31. The number of anilines is 1. The molecule has 8 nitrogen and oxygen atoms in total. The van der Waals surface area contributed by atoms with Gasteiger partial charge in [0.1, 0.15) is 22.8 Å². The Balaban J connectivity index is 1.25. The van der Waals surface area contributed by atoms with Gasteiger partial charge in [-0.1, -0.05) is 13.0 Å². The molecule has 1 saturated carbocycles. The fraction of sp³-hybridized carbons (Fsp3) is 0.241. The largest absolute Gasteiger partial charge is 0.346 e. The van der Waals surface area contributed by atoms with Gasteiger partial charge >= 0.3 is 0 Å². The van der Waals surface area contributed by atoms with Gasteiger partial charge in [-0.3, -0.25) is 14.4 Å². The van der Waals surface area contributed by atoms with Gasteiger partial charge in [0.15, 0.2) is 0 Å². The van der Waals surface area contributed by atoms with Gasteiger partial charge in [-0.25, -0.2) is 9.37 Å². The molecule has 2 amide bonds. The molecule has 1 aliphatic carbocycles. The number of benzene rings is 1. The Hall–Kier alpha value is -4.53. The van der Waals surface area contributed by atoms with E-state index >= 15 is 0 Å². The summed E-state index contributed by atoms with van der Waals surface area (Å²) in [5.74, 6) is -0.160. The molecular formula is C29H26FN5O3. The van der Waals surface area contributed by atoms with Crippen molar-refractivity contribution >= 4 is 34.2 Å². The molecule has 1 atom stereocenters. The number of rotatable bonds is 5. The first-order chi connectivity index (χ1) is 18.4. The number of H-pyrrole nitrogens is 2. The maximum atomic E-state index is 13.3. The van der Waals surface area contributed by atoms with Crippen LogP contribution in [0.1, 0.15) is 35.7 Å². The summed E-state index contributed by atoms with van der Waals surface area (Å²) < 4.78 is 13.2. The van der Waals surface area contributed by atoms with E-state index in [-0.39, 0.29) is 35.0 Å². The molecule has 3 aromatic heterocycles. The standard InChI is InChI=1S/C29H26FN5O3/c1-16-15-35(29(38)22-8-9-24(32-28(22)37)17-4-6-19(30)7-5-17)13-11-20(16)23-14-25(34-27(36)18-2-3-18)33-26-21(23)10-12-31-26/h4-12,14,16,18H,2-3,13,15H2,1H3,(H,32,37)(H2,31,33,34,36). The second kappa shape index (κ2) is 9.41. The van der Waals surface area contributed by atoms with Crippen molar-refractivity contribution in [2.24, 2.45) is 11.8 Å². The number of carbonyl (C=O) groups is 2. The minimum absolute atomic E-state index is 0.00697. The third-order valence-electron chi connectivity index (χ3n) is 7.18. The van der Waals surface area contributed by atoms with Crippen LogP contribution in [-0.2, 0) is 4.79 Å². The Morgan fingerprint density at radius 1 is 1.11 bits per heavy atom. The van der Waals surface area contributed by atoms with E-state index in [4.69, 9.17) is 0 Å². The lowest BCUT2D eigenvalue weighted by Crippen LogP contribution is -2.40. The van der Waals surface area contributed by atoms with Crippen LogP contribution in [0.3, 0.4) is 0 Å². The van der Waals surface area contributed by atoms with Gasteiger partial charge in [0.25, 0.3) is 11.5 Å². The minimum atomic E-state index is -0.488. The van der Waals surface area contributed by atoms with E-state index in [2.05, 4.69) is 20.3 Å². The molecule has 2 aliphatic rings. The zero-order valence-electron chi connectivity index (χ0n) is 20.8. The van der Waals surface area contributed by atoms with E-state index in [0.717, 1.165) is 29.4 Å². The van der Waals surface area contributed by atoms with E-state index in [1.165, 1.54) is 18.2 Å². The van der Waals surface area contributed by atoms with E-state index < -0.39 is 5.56 Å². The highest BCUT2D eigenvalue weighted by Crippen LogP contribution is 2.35. The molecule has 6 rings (SSSR count). The quantitative estimate of drug-likeness (QED) is 0.364. The SMILES string of the molecule is CC1CN(C(=O)c2ccc(-c3ccc(F)cc3)[nH]c2=O)CC=C1c1cc(NC(=O)C2CC2)nc2[nH]ccc12. The third-order valence-corrected chi connectivity index (χ3v) is 7.18. The molecule has 0 saturated heterocycles. The van der Waals surface area contributed by atoms with Crippen molar-refractivity contribution in [3.8, 4) is 11.3 Å². The summed E-state index contributed by atoms with van der Waals surface area (Å²) in [6, 6.07) is 12.8. The van der Waals surface area contributed by atoms with Gasteiger partial charge in [0, 0.05) is 36.3 Å². The smallest absolute Gasteiger partial charge is 0.261 e. The number of amides is 2. The average molecular weight is 512 g/mol. The number of pyridine rings is 2. The average Bonchev–Trinajstić information content (AvgIpc) is 3.66. The van der Waals surface area contributed by atoms with Crippen LogP contribution in [0.5, 0.6) is 0 Å². The summed E-state index contributed by atoms with van der Waals surface area (Å²) in [4.78, 5) is 50.5. The first kappa shape index (κ1) is 23.8. The van der Waals surface area contributed by atoms with E-state index in [1.54, 1.807) is 23.1 Å². The van der Waals surface area contributed by atoms with Gasteiger partial charge in [0.05, 0.1) is 0 Å². The maximum Gasteiger partial charge on any atom is 0.261 e. The number of fused-ring (bicyclic) bond motifs is 1. The van der Waals surface area contributed by atoms with Crippen LogP contribution in [0.2, 0.25) is 0 Å². The van der Waals surface area contributed by atoms with E-state index in [9.17, 15) is 18.8 Å². The third kappa shape index (κ3) is 4.51. The molecule has 9 heteroatoms. The summed E-state index contributed by atoms with van der Waals surface area (Å²) >= 11 is 0. The highest BCUT2D eigenvalue weighted by molar-refractivity contribution is 5.98. The van der Waals surface area contributed by atoms with Gasteiger partial charge in [-0.15, -0.1) is 0 Å². The van der Waals surface area contributed by atoms with Gasteiger partial charge in [-0.2, -0.15) is 0 Å². The summed E-state index contributed by atoms with van der Waals surface area (Å²) in [6.45, 7) is 2.81. The molecule has 1 fully saturated rings. The number of aromatic amines is 2. The number of hydrogen-bond donors (Lipinski definition) is 3. The first-order valence-corrected chi connectivity index (χ1v) is 12.7. The predicted molar refractivity (Wildman–Crippen MR) is 143 cm³/mol. The van der Waals surface area contributed by atoms with Crippen molar-refractivity contribution in [3.05, 3.63) is 88.1 Å². The molecular weight excluding hydrogens is 485 g/mol. The Labute approximate surface area is 217 Å². The molecule has 1 unspecified atom stereocenters. The Kier molecular flexibility index (Phi) is 5.90. The second-order valence-electron chi connectivity index (χ2n) is 9.95. The van der Waals surface area contributed by atoms with Crippen LogP contribution in [0.25, 0.3) is 27.9 Å². The van der Waals surface area contributed by atoms with Gasteiger partial charge < -0.3 is 20.2 Å². The van der Waals surface area contributed by atoms with Crippen LogP contribution in [0.15, 0.2) is 65.6 Å².